The van der Waals surface area contributed by atoms with Crippen molar-refractivity contribution in [3.8, 4) is 0 Å². The van der Waals surface area contributed by atoms with Crippen LogP contribution < -0.4 is 0 Å². The molecule has 0 unspecified atom stereocenters. The summed E-state index contributed by atoms with van der Waals surface area (Å²) in [5.41, 5.74) is 5.45. The molecular formula is C29H21N3S. The standard InChI is InChI=1S/C29H21N3S/c1-30-29-25(17-18-33-29)28(24-14-8-10-20-9-2-3-11-21(20)24)31-19-32-26-15-6-4-12-22(26)23-13-5-7-16-27(23)32/h2-18H,1,19H2/b31-28-. The van der Waals surface area contributed by atoms with E-state index in [2.05, 4.69) is 119 Å². The quantitative estimate of drug-likeness (QED) is 0.243. The van der Waals surface area contributed by atoms with Gasteiger partial charge in [-0.25, -0.2) is 0 Å². The van der Waals surface area contributed by atoms with Crippen molar-refractivity contribution in [1.82, 2.24) is 4.57 Å². The van der Waals surface area contributed by atoms with Gasteiger partial charge in [0.15, 0.2) is 0 Å². The first kappa shape index (κ1) is 19.6. The number of aromatic nitrogens is 1. The van der Waals surface area contributed by atoms with Gasteiger partial charge in [-0.1, -0.05) is 78.9 Å². The predicted octanol–water partition coefficient (Wildman–Crippen LogP) is 7.84. The first-order valence-corrected chi connectivity index (χ1v) is 11.8. The van der Waals surface area contributed by atoms with Crippen molar-refractivity contribution in [2.45, 2.75) is 6.67 Å². The average molecular weight is 444 g/mol. The van der Waals surface area contributed by atoms with Crippen molar-refractivity contribution in [2.75, 3.05) is 0 Å². The molecule has 158 valence electrons. The first-order valence-electron chi connectivity index (χ1n) is 10.9. The molecular weight excluding hydrogens is 422 g/mol. The van der Waals surface area contributed by atoms with E-state index in [0.29, 0.717) is 6.67 Å². The smallest absolute Gasteiger partial charge is 0.124 e. The predicted molar refractivity (Wildman–Crippen MR) is 143 cm³/mol. The number of hydrogen-bond acceptors (Lipinski definition) is 3. The zero-order valence-corrected chi connectivity index (χ0v) is 18.8. The van der Waals surface area contributed by atoms with Gasteiger partial charge in [-0.2, -0.15) is 0 Å². The molecule has 2 aromatic heterocycles. The molecule has 0 fully saturated rings. The Morgan fingerprint density at radius 3 is 2.06 bits per heavy atom. The Kier molecular flexibility index (Phi) is 4.85. The summed E-state index contributed by atoms with van der Waals surface area (Å²) in [6.45, 7) is 4.31. The molecule has 0 saturated carbocycles. The third kappa shape index (κ3) is 3.27. The summed E-state index contributed by atoms with van der Waals surface area (Å²) in [6, 6.07) is 34.0. The molecule has 2 heterocycles. The molecule has 33 heavy (non-hydrogen) atoms. The largest absolute Gasteiger partial charge is 0.320 e. The molecule has 3 nitrogen and oxygen atoms in total. The lowest BCUT2D eigenvalue weighted by Gasteiger charge is -2.12. The summed E-state index contributed by atoms with van der Waals surface area (Å²) in [5.74, 6) is 0. The van der Waals surface area contributed by atoms with E-state index >= 15 is 0 Å². The van der Waals surface area contributed by atoms with Gasteiger partial charge >= 0.3 is 0 Å². The van der Waals surface area contributed by atoms with E-state index < -0.39 is 0 Å². The molecule has 0 radical (unpaired) electrons. The van der Waals surface area contributed by atoms with E-state index in [1.165, 1.54) is 32.6 Å². The highest BCUT2D eigenvalue weighted by molar-refractivity contribution is 7.14. The molecule has 6 aromatic rings. The van der Waals surface area contributed by atoms with Crippen LogP contribution in [0.15, 0.2) is 112 Å². The fourth-order valence-corrected chi connectivity index (χ4v) is 5.35. The summed E-state index contributed by atoms with van der Waals surface area (Å²) < 4.78 is 2.29. The van der Waals surface area contributed by atoms with Gasteiger partial charge in [0, 0.05) is 21.9 Å². The minimum absolute atomic E-state index is 0.513. The fraction of sp³-hybridized carbons (Fsp3) is 0.0345. The lowest BCUT2D eigenvalue weighted by molar-refractivity contribution is 0.793. The molecule has 0 aliphatic rings. The van der Waals surface area contributed by atoms with Crippen molar-refractivity contribution >= 4 is 61.3 Å². The highest BCUT2D eigenvalue weighted by Gasteiger charge is 2.16. The Bertz CT molecular complexity index is 1610. The molecule has 4 heteroatoms. The van der Waals surface area contributed by atoms with Gasteiger partial charge in [-0.15, -0.1) is 11.3 Å². The lowest BCUT2D eigenvalue weighted by atomic mass is 9.97. The van der Waals surface area contributed by atoms with Gasteiger partial charge in [-0.3, -0.25) is 9.98 Å². The van der Waals surface area contributed by atoms with E-state index in [1.807, 2.05) is 0 Å². The molecule has 0 saturated heterocycles. The third-order valence-corrected chi connectivity index (χ3v) is 6.98. The molecule has 6 rings (SSSR count). The normalized spacial score (nSPS) is 12.1. The van der Waals surface area contributed by atoms with E-state index in [-0.39, 0.29) is 0 Å². The molecule has 0 atom stereocenters. The minimum atomic E-state index is 0.513. The molecule has 0 aliphatic carbocycles. The van der Waals surface area contributed by atoms with Crippen LogP contribution in [0.3, 0.4) is 0 Å². The number of hydrogen-bond donors (Lipinski definition) is 0. The van der Waals surface area contributed by atoms with Gasteiger partial charge in [-0.05, 0) is 41.1 Å². The lowest BCUT2D eigenvalue weighted by Crippen LogP contribution is -2.06. The summed E-state index contributed by atoms with van der Waals surface area (Å²) in [4.78, 5) is 9.52. The van der Waals surface area contributed by atoms with Crippen LogP contribution in [-0.2, 0) is 6.67 Å². The maximum Gasteiger partial charge on any atom is 0.124 e. The maximum absolute atomic E-state index is 5.24. The monoisotopic (exact) mass is 443 g/mol. The summed E-state index contributed by atoms with van der Waals surface area (Å²) in [6.07, 6.45) is 0. The van der Waals surface area contributed by atoms with Crippen LogP contribution in [0.5, 0.6) is 0 Å². The number of benzene rings is 4. The molecule has 0 aliphatic heterocycles. The van der Waals surface area contributed by atoms with Crippen LogP contribution in [0.4, 0.5) is 5.00 Å². The molecule has 0 bridgehead atoms. The Hall–Kier alpha value is -4.02. The SMILES string of the molecule is C=Nc1sccc1/C(=N\Cn1c2ccccc2c2ccccc21)c1cccc2ccccc12. The summed E-state index contributed by atoms with van der Waals surface area (Å²) >= 11 is 1.59. The van der Waals surface area contributed by atoms with Gasteiger partial charge in [0.1, 0.15) is 11.7 Å². The Balaban J connectivity index is 1.59. The second-order valence-corrected chi connectivity index (χ2v) is 8.83. The Labute approximate surface area is 196 Å². The minimum Gasteiger partial charge on any atom is -0.320 e. The molecule has 4 aromatic carbocycles. The highest BCUT2D eigenvalue weighted by Crippen LogP contribution is 2.32. The second kappa shape index (κ2) is 8.15. The molecule has 0 N–H and O–H groups in total. The van der Waals surface area contributed by atoms with Crippen LogP contribution in [0.2, 0.25) is 0 Å². The van der Waals surface area contributed by atoms with E-state index in [4.69, 9.17) is 4.99 Å². The van der Waals surface area contributed by atoms with Crippen LogP contribution >= 0.6 is 11.3 Å². The first-order chi connectivity index (χ1) is 16.3. The van der Waals surface area contributed by atoms with Crippen LogP contribution in [0.25, 0.3) is 32.6 Å². The van der Waals surface area contributed by atoms with Gasteiger partial charge < -0.3 is 4.57 Å². The van der Waals surface area contributed by atoms with Crippen LogP contribution in [-0.4, -0.2) is 17.0 Å². The third-order valence-electron chi connectivity index (χ3n) is 6.14. The van der Waals surface area contributed by atoms with E-state index in [9.17, 15) is 0 Å². The number of nitrogens with zero attached hydrogens (tertiary/aromatic N) is 3. The van der Waals surface area contributed by atoms with Crippen molar-refractivity contribution in [3.05, 3.63) is 114 Å². The fourth-order valence-electron chi connectivity index (χ4n) is 4.65. The van der Waals surface area contributed by atoms with Crippen LogP contribution in [0, 0.1) is 0 Å². The number of aliphatic imine (C=N–C) groups is 2. The number of fused-ring (bicyclic) bond motifs is 4. The number of para-hydroxylation sites is 2. The van der Waals surface area contributed by atoms with Crippen molar-refractivity contribution in [2.24, 2.45) is 9.98 Å². The Morgan fingerprint density at radius 1 is 0.697 bits per heavy atom. The summed E-state index contributed by atoms with van der Waals surface area (Å²) in [5, 5.41) is 7.83. The number of thiophene rings is 1. The maximum atomic E-state index is 5.24. The van der Waals surface area contributed by atoms with E-state index in [0.717, 1.165) is 21.8 Å². The molecule has 0 amide bonds. The van der Waals surface area contributed by atoms with Gasteiger partial charge in [0.2, 0.25) is 0 Å². The Morgan fingerprint density at radius 2 is 1.33 bits per heavy atom. The van der Waals surface area contributed by atoms with Crippen molar-refractivity contribution < 1.29 is 0 Å². The number of rotatable bonds is 5. The zero-order valence-electron chi connectivity index (χ0n) is 18.0. The van der Waals surface area contributed by atoms with Gasteiger partial charge in [0.05, 0.1) is 16.7 Å². The highest BCUT2D eigenvalue weighted by atomic mass is 32.1. The van der Waals surface area contributed by atoms with Crippen molar-refractivity contribution in [1.29, 1.82) is 0 Å². The second-order valence-electron chi connectivity index (χ2n) is 7.93. The van der Waals surface area contributed by atoms with E-state index in [1.54, 1.807) is 11.3 Å². The topological polar surface area (TPSA) is 29.6 Å². The summed E-state index contributed by atoms with van der Waals surface area (Å²) in [7, 11) is 0. The molecule has 0 spiro atoms. The average Bonchev–Trinajstić information content (AvgIpc) is 3.47. The van der Waals surface area contributed by atoms with Crippen LogP contribution in [0.1, 0.15) is 11.1 Å². The van der Waals surface area contributed by atoms with Crippen molar-refractivity contribution in [3.63, 3.8) is 0 Å². The zero-order chi connectivity index (χ0) is 22.2. The van der Waals surface area contributed by atoms with Gasteiger partial charge in [0.25, 0.3) is 0 Å².